The Morgan fingerprint density at radius 2 is 1.86 bits per heavy atom. The maximum absolute atomic E-state index is 13.8. The van der Waals surface area contributed by atoms with Gasteiger partial charge >= 0.3 is 0 Å². The zero-order chi connectivity index (χ0) is 24.7. The van der Waals surface area contributed by atoms with Gasteiger partial charge in [0.25, 0.3) is 5.56 Å². The van der Waals surface area contributed by atoms with E-state index in [1.54, 1.807) is 23.5 Å². The first-order valence-electron chi connectivity index (χ1n) is 11.7. The molecule has 0 atom stereocenters. The normalized spacial score (nSPS) is 13.7. The van der Waals surface area contributed by atoms with Crippen LogP contribution in [-0.4, -0.2) is 26.1 Å². The van der Waals surface area contributed by atoms with Gasteiger partial charge in [-0.3, -0.25) is 9.59 Å². The average Bonchev–Trinajstić information content (AvgIpc) is 3.21. The summed E-state index contributed by atoms with van der Waals surface area (Å²) in [5.41, 5.74) is 2.85. The van der Waals surface area contributed by atoms with Crippen LogP contribution in [0.5, 0.6) is 0 Å². The lowest BCUT2D eigenvalue weighted by molar-refractivity contribution is 0.102. The van der Waals surface area contributed by atoms with E-state index < -0.39 is 0 Å². The van der Waals surface area contributed by atoms with Gasteiger partial charge in [-0.25, -0.2) is 14.5 Å². The summed E-state index contributed by atoms with van der Waals surface area (Å²) in [6.07, 6.45) is 5.62. The van der Waals surface area contributed by atoms with Gasteiger partial charge in [0.2, 0.25) is 0 Å². The number of hydrogen-bond donors (Lipinski definition) is 0. The maximum atomic E-state index is 13.8. The first-order valence-corrected chi connectivity index (χ1v) is 13.9. The number of fused-ring (bicyclic) bond motifs is 3. The summed E-state index contributed by atoms with van der Waals surface area (Å²) in [5.74, 6) is 0.616. The van der Waals surface area contributed by atoms with Crippen LogP contribution < -0.4 is 5.56 Å². The summed E-state index contributed by atoms with van der Waals surface area (Å²) < 4.78 is 1.53. The molecule has 35 heavy (non-hydrogen) atoms. The lowest BCUT2D eigenvalue weighted by Gasteiger charge is -2.19. The van der Waals surface area contributed by atoms with Crippen molar-refractivity contribution in [3.05, 3.63) is 79.5 Å². The van der Waals surface area contributed by atoms with E-state index in [0.29, 0.717) is 26.9 Å². The second-order valence-electron chi connectivity index (χ2n) is 9.80. The summed E-state index contributed by atoms with van der Waals surface area (Å²) in [6, 6.07) is 11.2. The van der Waals surface area contributed by atoms with E-state index in [-0.39, 0.29) is 22.5 Å². The minimum absolute atomic E-state index is 0.00843. The van der Waals surface area contributed by atoms with Gasteiger partial charge < -0.3 is 0 Å². The van der Waals surface area contributed by atoms with E-state index in [2.05, 4.69) is 25.8 Å². The number of benzene rings is 1. The molecule has 0 N–H and O–H groups in total. The molecule has 5 rings (SSSR count). The minimum atomic E-state index is -0.131. The van der Waals surface area contributed by atoms with Gasteiger partial charge in [-0.2, -0.15) is 0 Å². The van der Waals surface area contributed by atoms with Crippen molar-refractivity contribution >= 4 is 50.7 Å². The number of carbonyl (C=O) groups excluding carboxylic acids is 1. The number of thiophene rings is 1. The van der Waals surface area contributed by atoms with Crippen LogP contribution in [0.2, 0.25) is 5.02 Å². The molecule has 3 aromatic heterocycles. The third kappa shape index (κ3) is 4.82. The fourth-order valence-electron chi connectivity index (χ4n) is 4.36. The highest BCUT2D eigenvalue weighted by atomic mass is 35.5. The fourth-order valence-corrected chi connectivity index (χ4v) is 6.66. The van der Waals surface area contributed by atoms with Gasteiger partial charge in [0.15, 0.2) is 10.9 Å². The second kappa shape index (κ2) is 9.52. The van der Waals surface area contributed by atoms with Gasteiger partial charge in [0, 0.05) is 16.6 Å². The Morgan fingerprint density at radius 1 is 1.11 bits per heavy atom. The molecule has 3 heterocycles. The molecule has 0 saturated carbocycles. The van der Waals surface area contributed by atoms with Crippen molar-refractivity contribution in [2.24, 2.45) is 0 Å². The molecular formula is C27H26ClN3O2S2. The summed E-state index contributed by atoms with van der Waals surface area (Å²) in [4.78, 5) is 38.0. The highest BCUT2D eigenvalue weighted by Gasteiger charge is 2.24. The van der Waals surface area contributed by atoms with Crippen molar-refractivity contribution in [1.29, 1.82) is 0 Å². The smallest absolute Gasteiger partial charge is 0.269 e. The second-order valence-corrected chi connectivity index (χ2v) is 12.3. The predicted molar refractivity (Wildman–Crippen MR) is 145 cm³/mol. The molecule has 0 spiro atoms. The Labute approximate surface area is 217 Å². The first-order chi connectivity index (χ1) is 16.7. The van der Waals surface area contributed by atoms with Crippen LogP contribution in [0.25, 0.3) is 16.0 Å². The van der Waals surface area contributed by atoms with Crippen molar-refractivity contribution in [3.63, 3.8) is 0 Å². The predicted octanol–water partition coefficient (Wildman–Crippen LogP) is 6.65. The number of halogens is 1. The Kier molecular flexibility index (Phi) is 6.59. The highest BCUT2D eigenvalue weighted by Crippen LogP contribution is 2.35. The van der Waals surface area contributed by atoms with E-state index in [1.807, 2.05) is 24.3 Å². The topological polar surface area (TPSA) is 64.8 Å². The van der Waals surface area contributed by atoms with E-state index in [1.165, 1.54) is 33.0 Å². The third-order valence-electron chi connectivity index (χ3n) is 6.30. The molecule has 0 unspecified atom stereocenters. The van der Waals surface area contributed by atoms with Crippen LogP contribution in [0.3, 0.4) is 0 Å². The molecule has 8 heteroatoms. The number of rotatable bonds is 5. The molecule has 180 valence electrons. The van der Waals surface area contributed by atoms with E-state index in [0.717, 1.165) is 36.1 Å². The largest absolute Gasteiger partial charge is 0.293 e. The van der Waals surface area contributed by atoms with Crippen LogP contribution in [0.1, 0.15) is 60.0 Å². The number of hydrogen-bond acceptors (Lipinski definition) is 6. The van der Waals surface area contributed by atoms with Gasteiger partial charge in [-0.1, -0.05) is 68.4 Å². The Balaban J connectivity index is 1.52. The van der Waals surface area contributed by atoms with Gasteiger partial charge in [0.05, 0.1) is 16.2 Å². The highest BCUT2D eigenvalue weighted by molar-refractivity contribution is 7.99. The number of carbonyl (C=O) groups is 1. The molecule has 0 bridgehead atoms. The third-order valence-corrected chi connectivity index (χ3v) is 8.65. The molecule has 0 amide bonds. The van der Waals surface area contributed by atoms with Crippen molar-refractivity contribution in [1.82, 2.24) is 14.5 Å². The number of ketones is 1. The summed E-state index contributed by atoms with van der Waals surface area (Å²) in [6.45, 7) is 6.44. The maximum Gasteiger partial charge on any atom is 0.269 e. The number of Topliss-reactive ketones (excluding diaryl/α,β-unsaturated/α-hetero) is 1. The molecule has 1 aromatic carbocycles. The quantitative estimate of drug-likeness (QED) is 0.166. The van der Waals surface area contributed by atoms with E-state index in [9.17, 15) is 9.59 Å². The first kappa shape index (κ1) is 24.2. The zero-order valence-corrected chi connectivity index (χ0v) is 22.3. The summed E-state index contributed by atoms with van der Waals surface area (Å²) >= 11 is 8.92. The SMILES string of the molecule is CC(C)(C)c1ccc(C(=O)CSc2nc3sc4c(c3c(=O)n2-c2ccc(Cl)cn2)CCCC4)cc1. The Bertz CT molecular complexity index is 1470. The minimum Gasteiger partial charge on any atom is -0.293 e. The lowest BCUT2D eigenvalue weighted by atomic mass is 9.86. The fraction of sp³-hybridized carbons (Fsp3) is 0.333. The van der Waals surface area contributed by atoms with Gasteiger partial charge in [-0.05, 0) is 54.4 Å². The Hall–Kier alpha value is -2.48. The summed E-state index contributed by atoms with van der Waals surface area (Å²) in [5, 5.41) is 1.65. The standard InChI is InChI=1S/C27H26ClN3O2S2/c1-27(2,3)17-10-8-16(9-11-17)20(32)15-34-26-30-24-23(19-6-4-5-7-21(19)35-24)25(33)31(26)22-13-12-18(28)14-29-22/h8-14H,4-7,15H2,1-3H3. The van der Waals surface area contributed by atoms with Crippen molar-refractivity contribution in [2.45, 2.75) is 57.0 Å². The molecule has 0 radical (unpaired) electrons. The number of thioether (sulfide) groups is 1. The number of nitrogens with zero attached hydrogens (tertiary/aromatic N) is 3. The van der Waals surface area contributed by atoms with Crippen LogP contribution in [-0.2, 0) is 18.3 Å². The van der Waals surface area contributed by atoms with Crippen LogP contribution >= 0.6 is 34.7 Å². The van der Waals surface area contributed by atoms with E-state index in [4.69, 9.17) is 16.6 Å². The van der Waals surface area contributed by atoms with Crippen molar-refractivity contribution in [3.8, 4) is 5.82 Å². The summed E-state index contributed by atoms with van der Waals surface area (Å²) in [7, 11) is 0. The molecule has 0 fully saturated rings. The van der Waals surface area contributed by atoms with Crippen LogP contribution in [0.4, 0.5) is 0 Å². The zero-order valence-electron chi connectivity index (χ0n) is 19.9. The van der Waals surface area contributed by atoms with Gasteiger partial charge in [0.1, 0.15) is 10.6 Å². The van der Waals surface area contributed by atoms with Crippen LogP contribution in [0.15, 0.2) is 52.5 Å². The van der Waals surface area contributed by atoms with Crippen molar-refractivity contribution in [2.75, 3.05) is 5.75 Å². The molecule has 0 saturated heterocycles. The van der Waals surface area contributed by atoms with Gasteiger partial charge in [-0.15, -0.1) is 11.3 Å². The Morgan fingerprint density at radius 3 is 2.54 bits per heavy atom. The lowest BCUT2D eigenvalue weighted by Crippen LogP contribution is -2.23. The van der Waals surface area contributed by atoms with Crippen LogP contribution in [0, 0.1) is 0 Å². The van der Waals surface area contributed by atoms with E-state index >= 15 is 0 Å². The molecule has 4 aromatic rings. The number of aryl methyl sites for hydroxylation is 2. The van der Waals surface area contributed by atoms with Crippen molar-refractivity contribution < 1.29 is 4.79 Å². The molecule has 0 aliphatic heterocycles. The average molecular weight is 524 g/mol. The number of aromatic nitrogens is 3. The molecule has 5 nitrogen and oxygen atoms in total. The molecular weight excluding hydrogens is 498 g/mol. The monoisotopic (exact) mass is 523 g/mol. The molecule has 1 aliphatic carbocycles. The molecule has 1 aliphatic rings. The number of pyridine rings is 1.